The second-order valence-corrected chi connectivity index (χ2v) is 10.6. The monoisotopic (exact) mass is 465 g/mol. The molecule has 2 rings (SSSR count). The Morgan fingerprint density at radius 3 is 2.23 bits per heavy atom. The molecular weight excluding hydrogens is 429 g/mol. The van der Waals surface area contributed by atoms with Crippen LogP contribution in [0.3, 0.4) is 0 Å². The molecule has 0 bridgehead atoms. The summed E-state index contributed by atoms with van der Waals surface area (Å²) in [7, 11) is -3.84. The zero-order valence-corrected chi connectivity index (χ0v) is 20.0. The van der Waals surface area contributed by atoms with Crippen LogP contribution < -0.4 is 5.32 Å². The van der Waals surface area contributed by atoms with Gasteiger partial charge < -0.3 is 15.1 Å². The van der Waals surface area contributed by atoms with Crippen LogP contribution in [0.4, 0.5) is 0 Å². The number of rotatable bonds is 16. The molecule has 0 unspecified atom stereocenters. The van der Waals surface area contributed by atoms with Gasteiger partial charge in [0.15, 0.2) is 0 Å². The van der Waals surface area contributed by atoms with E-state index in [2.05, 4.69) is 53.8 Å². The molecule has 0 saturated carbocycles. The summed E-state index contributed by atoms with van der Waals surface area (Å²) in [4.78, 5) is 17.6. The normalized spacial score (nSPS) is 12.7. The van der Waals surface area contributed by atoms with Crippen LogP contribution in [0.1, 0.15) is 68.4 Å². The Kier molecular flexibility index (Phi) is 12.5. The summed E-state index contributed by atoms with van der Waals surface area (Å²) in [6, 6.07) is 19.0. The second-order valence-electron chi connectivity index (χ2n) is 8.34. The topological polar surface area (TPSA) is 69.6 Å². The van der Waals surface area contributed by atoms with Crippen molar-refractivity contribution in [2.24, 2.45) is 0 Å². The number of nitrogens with one attached hydrogen (secondary N) is 1. The van der Waals surface area contributed by atoms with Gasteiger partial charge in [-0.15, -0.1) is 0 Å². The van der Waals surface area contributed by atoms with E-state index in [1.807, 2.05) is 6.07 Å². The summed E-state index contributed by atoms with van der Waals surface area (Å²) >= 11 is 6.24. The fourth-order valence-corrected chi connectivity index (χ4v) is 4.70. The van der Waals surface area contributed by atoms with Gasteiger partial charge in [0.1, 0.15) is 0 Å². The maximum atomic E-state index is 10.8. The van der Waals surface area contributed by atoms with Gasteiger partial charge in [-0.3, -0.25) is 4.57 Å². The Bertz CT molecular complexity index is 781. The van der Waals surface area contributed by atoms with Crippen molar-refractivity contribution in [3.05, 3.63) is 70.7 Å². The minimum Gasteiger partial charge on any atom is -0.324 e. The Hall–Kier alpha value is -1.16. The lowest BCUT2D eigenvalue weighted by molar-refractivity contribution is 0.371. The Morgan fingerprint density at radius 1 is 0.839 bits per heavy atom. The standard InChI is InChI=1S/C25H37ClNO3P/c26-25-16-10-15-24(21-25)23(20-22-12-6-5-7-13-22)14-8-3-1-2-4-9-17-27-18-11-19-31(28,29)30/h5-7,10,12-13,15-16,21,23,27H,1-4,8-9,11,14,17-20H2,(H2,28,29,30)/t23-/m1/s1. The summed E-state index contributed by atoms with van der Waals surface area (Å²) in [6.07, 6.45) is 10.0. The summed E-state index contributed by atoms with van der Waals surface area (Å²) in [5, 5.41) is 4.08. The summed E-state index contributed by atoms with van der Waals surface area (Å²) in [5.41, 5.74) is 2.71. The molecule has 172 valence electrons. The predicted molar refractivity (Wildman–Crippen MR) is 131 cm³/mol. The van der Waals surface area contributed by atoms with Crippen LogP contribution in [-0.2, 0) is 11.0 Å². The van der Waals surface area contributed by atoms with Crippen LogP contribution in [0.15, 0.2) is 54.6 Å². The zero-order valence-electron chi connectivity index (χ0n) is 18.4. The largest absolute Gasteiger partial charge is 0.325 e. The van der Waals surface area contributed by atoms with E-state index >= 15 is 0 Å². The van der Waals surface area contributed by atoms with Gasteiger partial charge in [0, 0.05) is 5.02 Å². The minimum atomic E-state index is -3.84. The Labute approximate surface area is 192 Å². The first-order valence-electron chi connectivity index (χ1n) is 11.5. The van der Waals surface area contributed by atoms with E-state index in [9.17, 15) is 4.57 Å². The van der Waals surface area contributed by atoms with Crippen LogP contribution in [0.2, 0.25) is 5.02 Å². The van der Waals surface area contributed by atoms with Crippen molar-refractivity contribution < 1.29 is 14.4 Å². The van der Waals surface area contributed by atoms with Crippen LogP contribution >= 0.6 is 19.2 Å². The highest BCUT2D eigenvalue weighted by Crippen LogP contribution is 2.34. The van der Waals surface area contributed by atoms with Gasteiger partial charge in [0.25, 0.3) is 0 Å². The molecule has 0 radical (unpaired) electrons. The molecule has 2 aromatic carbocycles. The maximum Gasteiger partial charge on any atom is 0.325 e. The van der Waals surface area contributed by atoms with E-state index < -0.39 is 7.60 Å². The summed E-state index contributed by atoms with van der Waals surface area (Å²) in [5.74, 6) is 0.499. The minimum absolute atomic E-state index is 0.0273. The third kappa shape index (κ3) is 12.5. The molecule has 0 aliphatic rings. The molecule has 0 amide bonds. The predicted octanol–water partition coefficient (Wildman–Crippen LogP) is 6.55. The number of benzene rings is 2. The molecule has 3 N–H and O–H groups in total. The molecule has 31 heavy (non-hydrogen) atoms. The molecule has 0 saturated heterocycles. The molecule has 4 nitrogen and oxygen atoms in total. The summed E-state index contributed by atoms with van der Waals surface area (Å²) in [6.45, 7) is 1.60. The first-order chi connectivity index (χ1) is 14.9. The van der Waals surface area contributed by atoms with E-state index in [-0.39, 0.29) is 6.16 Å². The van der Waals surface area contributed by atoms with Gasteiger partial charge in [-0.2, -0.15) is 0 Å². The number of hydrogen-bond donors (Lipinski definition) is 3. The van der Waals surface area contributed by atoms with Gasteiger partial charge >= 0.3 is 7.60 Å². The third-order valence-corrected chi connectivity index (χ3v) is 6.74. The number of hydrogen-bond acceptors (Lipinski definition) is 2. The highest BCUT2D eigenvalue weighted by molar-refractivity contribution is 7.51. The Morgan fingerprint density at radius 2 is 1.52 bits per heavy atom. The molecule has 0 heterocycles. The van der Waals surface area contributed by atoms with Gasteiger partial charge in [-0.1, -0.05) is 86.2 Å². The third-order valence-electron chi connectivity index (χ3n) is 5.60. The molecule has 0 spiro atoms. The van der Waals surface area contributed by atoms with Crippen molar-refractivity contribution in [2.45, 2.75) is 63.7 Å². The molecule has 0 fully saturated rings. The lowest BCUT2D eigenvalue weighted by atomic mass is 9.87. The van der Waals surface area contributed by atoms with E-state index in [1.54, 1.807) is 0 Å². The average molecular weight is 466 g/mol. The van der Waals surface area contributed by atoms with Gasteiger partial charge in [0.2, 0.25) is 0 Å². The van der Waals surface area contributed by atoms with Gasteiger partial charge in [-0.05, 0) is 68.0 Å². The second kappa shape index (κ2) is 14.8. The van der Waals surface area contributed by atoms with Gasteiger partial charge in [0.05, 0.1) is 6.16 Å². The quantitative estimate of drug-likeness (QED) is 0.194. The molecule has 1 atom stereocenters. The highest BCUT2D eigenvalue weighted by Gasteiger charge is 2.13. The Balaban J connectivity index is 1.60. The van der Waals surface area contributed by atoms with Crippen LogP contribution in [0.5, 0.6) is 0 Å². The SMILES string of the molecule is O=P(O)(O)CCCNCCCCCCCC[C@H](Cc1ccccc1)c1cccc(Cl)c1. The van der Waals surface area contributed by atoms with Gasteiger partial charge in [-0.25, -0.2) is 0 Å². The molecule has 0 aliphatic heterocycles. The van der Waals surface area contributed by atoms with E-state index in [4.69, 9.17) is 21.4 Å². The number of unbranched alkanes of at least 4 members (excludes halogenated alkanes) is 5. The lowest BCUT2D eigenvalue weighted by Crippen LogP contribution is -2.17. The zero-order chi connectivity index (χ0) is 22.4. The fourth-order valence-electron chi connectivity index (χ4n) is 3.93. The van der Waals surface area contributed by atoms with Crippen molar-refractivity contribution in [3.63, 3.8) is 0 Å². The fraction of sp³-hybridized carbons (Fsp3) is 0.520. The summed E-state index contributed by atoms with van der Waals surface area (Å²) < 4.78 is 10.8. The van der Waals surface area contributed by atoms with Crippen molar-refractivity contribution in [2.75, 3.05) is 19.3 Å². The molecule has 0 aliphatic carbocycles. The van der Waals surface area contributed by atoms with Crippen LogP contribution in [0.25, 0.3) is 0 Å². The van der Waals surface area contributed by atoms with Crippen LogP contribution in [-0.4, -0.2) is 29.0 Å². The van der Waals surface area contributed by atoms with Crippen molar-refractivity contribution in [1.82, 2.24) is 5.32 Å². The first kappa shape index (κ1) is 26.1. The lowest BCUT2D eigenvalue weighted by Gasteiger charge is -2.18. The van der Waals surface area contributed by atoms with Crippen molar-refractivity contribution in [3.8, 4) is 0 Å². The maximum absolute atomic E-state index is 10.8. The smallest absolute Gasteiger partial charge is 0.324 e. The van der Waals surface area contributed by atoms with E-state index in [0.29, 0.717) is 18.9 Å². The van der Waals surface area contributed by atoms with E-state index in [0.717, 1.165) is 24.4 Å². The molecule has 2 aromatic rings. The molecule has 0 aromatic heterocycles. The molecule has 6 heteroatoms. The molecular formula is C25H37ClNO3P. The average Bonchev–Trinajstić information content (AvgIpc) is 2.73. The van der Waals surface area contributed by atoms with Crippen molar-refractivity contribution in [1.29, 1.82) is 0 Å². The van der Waals surface area contributed by atoms with Crippen molar-refractivity contribution >= 4 is 19.2 Å². The highest BCUT2D eigenvalue weighted by atomic mass is 35.5. The van der Waals surface area contributed by atoms with E-state index in [1.165, 1.54) is 49.7 Å². The first-order valence-corrected chi connectivity index (χ1v) is 13.7. The number of halogens is 1. The van der Waals surface area contributed by atoms with Crippen LogP contribution in [0, 0.1) is 0 Å².